The van der Waals surface area contributed by atoms with Gasteiger partial charge in [0.15, 0.2) is 15.6 Å². The van der Waals surface area contributed by atoms with Crippen molar-refractivity contribution in [2.75, 3.05) is 0 Å². The molecule has 1 unspecified atom stereocenters. The van der Waals surface area contributed by atoms with Crippen LogP contribution in [0.5, 0.6) is 0 Å². The highest BCUT2D eigenvalue weighted by Crippen LogP contribution is 2.23. The monoisotopic (exact) mass is 326 g/mol. The van der Waals surface area contributed by atoms with Crippen molar-refractivity contribution in [2.24, 2.45) is 0 Å². The van der Waals surface area contributed by atoms with Crippen molar-refractivity contribution in [3.8, 4) is 12.3 Å². The molecule has 0 N–H and O–H groups in total. The number of carbonyl (C=O) groups is 1. The standard InChI is InChI=1S/C19H18O3S/c1-2-3-6-15-18(19(20)16-11-7-4-8-12-16)23(21,22)17-13-9-5-10-14-17/h1,4-5,7-14,18H,3,6,15H2. The lowest BCUT2D eigenvalue weighted by molar-refractivity contribution is 0.0983. The van der Waals surface area contributed by atoms with Crippen LogP contribution in [0.15, 0.2) is 65.6 Å². The predicted molar refractivity (Wildman–Crippen MR) is 90.9 cm³/mol. The van der Waals surface area contributed by atoms with E-state index in [9.17, 15) is 13.2 Å². The number of Topliss-reactive ketones (excluding diaryl/α,β-unsaturated/α-hetero) is 1. The minimum absolute atomic E-state index is 0.162. The second-order valence-electron chi connectivity index (χ2n) is 5.17. The molecule has 0 amide bonds. The minimum atomic E-state index is -3.75. The number of unbranched alkanes of at least 4 members (excludes halogenated alkanes) is 1. The molecule has 0 aliphatic rings. The Morgan fingerprint density at radius 3 is 2.13 bits per heavy atom. The van der Waals surface area contributed by atoms with Crippen LogP contribution in [0.3, 0.4) is 0 Å². The number of hydrogen-bond acceptors (Lipinski definition) is 3. The molecule has 0 saturated carbocycles. The first-order valence-electron chi connectivity index (χ1n) is 7.39. The topological polar surface area (TPSA) is 51.2 Å². The Labute approximate surface area is 137 Å². The summed E-state index contributed by atoms with van der Waals surface area (Å²) >= 11 is 0. The summed E-state index contributed by atoms with van der Waals surface area (Å²) in [7, 11) is -3.75. The number of terminal acetylenes is 1. The highest BCUT2D eigenvalue weighted by molar-refractivity contribution is 7.92. The van der Waals surface area contributed by atoms with Gasteiger partial charge in [-0.15, -0.1) is 12.3 Å². The first-order chi connectivity index (χ1) is 11.1. The Kier molecular flexibility index (Phi) is 5.72. The molecule has 2 aromatic rings. The second-order valence-corrected chi connectivity index (χ2v) is 7.30. The third-order valence-corrected chi connectivity index (χ3v) is 5.71. The van der Waals surface area contributed by atoms with Gasteiger partial charge in [0, 0.05) is 12.0 Å². The fourth-order valence-corrected chi connectivity index (χ4v) is 4.14. The van der Waals surface area contributed by atoms with Crippen molar-refractivity contribution >= 4 is 15.6 Å². The van der Waals surface area contributed by atoms with E-state index in [0.29, 0.717) is 18.4 Å². The van der Waals surface area contributed by atoms with Gasteiger partial charge in [0.1, 0.15) is 5.25 Å². The van der Waals surface area contributed by atoms with Crippen molar-refractivity contribution < 1.29 is 13.2 Å². The molecule has 3 nitrogen and oxygen atoms in total. The van der Waals surface area contributed by atoms with E-state index in [-0.39, 0.29) is 17.1 Å². The first kappa shape index (κ1) is 17.0. The van der Waals surface area contributed by atoms with Gasteiger partial charge in [-0.2, -0.15) is 0 Å². The smallest absolute Gasteiger partial charge is 0.188 e. The van der Waals surface area contributed by atoms with E-state index >= 15 is 0 Å². The molecular weight excluding hydrogens is 308 g/mol. The molecular formula is C19H18O3S. The van der Waals surface area contributed by atoms with Crippen LogP contribution in [-0.4, -0.2) is 19.5 Å². The van der Waals surface area contributed by atoms with Crippen molar-refractivity contribution in [1.29, 1.82) is 0 Å². The molecule has 0 aliphatic carbocycles. The van der Waals surface area contributed by atoms with Crippen molar-refractivity contribution in [3.63, 3.8) is 0 Å². The third-order valence-electron chi connectivity index (χ3n) is 3.58. The summed E-state index contributed by atoms with van der Waals surface area (Å²) in [5.41, 5.74) is 0.401. The van der Waals surface area contributed by atoms with Crippen molar-refractivity contribution in [3.05, 3.63) is 66.2 Å². The summed E-state index contributed by atoms with van der Waals surface area (Å²) in [5, 5.41) is -1.11. The molecule has 0 radical (unpaired) electrons. The molecule has 0 bridgehead atoms. The fraction of sp³-hybridized carbons (Fsp3) is 0.211. The zero-order valence-corrected chi connectivity index (χ0v) is 13.5. The lowest BCUT2D eigenvalue weighted by Crippen LogP contribution is -2.30. The van der Waals surface area contributed by atoms with Crippen molar-refractivity contribution in [1.82, 2.24) is 0 Å². The molecule has 118 valence electrons. The molecule has 2 rings (SSSR count). The van der Waals surface area contributed by atoms with Crippen LogP contribution in [0.2, 0.25) is 0 Å². The van der Waals surface area contributed by atoms with Crippen LogP contribution in [0.25, 0.3) is 0 Å². The highest BCUT2D eigenvalue weighted by atomic mass is 32.2. The highest BCUT2D eigenvalue weighted by Gasteiger charge is 2.33. The van der Waals surface area contributed by atoms with Crippen LogP contribution >= 0.6 is 0 Å². The predicted octanol–water partition coefficient (Wildman–Crippen LogP) is 3.52. The third kappa shape index (κ3) is 4.08. The number of sulfone groups is 1. The zero-order chi connectivity index (χ0) is 16.7. The van der Waals surface area contributed by atoms with E-state index < -0.39 is 15.1 Å². The van der Waals surface area contributed by atoms with E-state index in [0.717, 1.165) is 0 Å². The van der Waals surface area contributed by atoms with Gasteiger partial charge >= 0.3 is 0 Å². The Morgan fingerprint density at radius 1 is 1.00 bits per heavy atom. The average molecular weight is 326 g/mol. The summed E-state index contributed by atoms with van der Waals surface area (Å²) in [6, 6.07) is 16.6. The second kappa shape index (κ2) is 7.75. The molecule has 0 aliphatic heterocycles. The number of benzene rings is 2. The van der Waals surface area contributed by atoms with Crippen molar-refractivity contribution in [2.45, 2.75) is 29.4 Å². The Balaban J connectivity index is 2.38. The molecule has 0 saturated heterocycles. The van der Waals surface area contributed by atoms with E-state index in [1.165, 1.54) is 12.1 Å². The maximum atomic E-state index is 12.9. The Bertz CT molecular complexity index is 788. The quantitative estimate of drug-likeness (QED) is 0.444. The normalized spacial score (nSPS) is 12.3. The van der Waals surface area contributed by atoms with Crippen LogP contribution in [0, 0.1) is 12.3 Å². The number of carbonyl (C=O) groups excluding carboxylic acids is 1. The molecule has 0 aromatic heterocycles. The van der Waals surface area contributed by atoms with Crippen LogP contribution in [-0.2, 0) is 9.84 Å². The first-order valence-corrected chi connectivity index (χ1v) is 8.93. The maximum absolute atomic E-state index is 12.9. The molecule has 2 aromatic carbocycles. The van der Waals surface area contributed by atoms with E-state index in [1.54, 1.807) is 48.5 Å². The largest absolute Gasteiger partial charge is 0.293 e. The lowest BCUT2D eigenvalue weighted by Gasteiger charge is -2.16. The van der Waals surface area contributed by atoms with E-state index in [2.05, 4.69) is 5.92 Å². The minimum Gasteiger partial charge on any atom is -0.293 e. The van der Waals surface area contributed by atoms with Gasteiger partial charge in [-0.1, -0.05) is 48.5 Å². The molecule has 0 fully saturated rings. The summed E-state index contributed by atoms with van der Waals surface area (Å²) in [6.07, 6.45) is 6.39. The summed E-state index contributed by atoms with van der Waals surface area (Å²) < 4.78 is 25.7. The number of hydrogen-bond donors (Lipinski definition) is 0. The zero-order valence-electron chi connectivity index (χ0n) is 12.7. The summed E-state index contributed by atoms with van der Waals surface area (Å²) in [6.45, 7) is 0. The van der Waals surface area contributed by atoms with Gasteiger partial charge in [0.05, 0.1) is 4.90 Å². The Morgan fingerprint density at radius 2 is 1.57 bits per heavy atom. The molecule has 23 heavy (non-hydrogen) atoms. The van der Waals surface area contributed by atoms with Crippen LogP contribution in [0.4, 0.5) is 0 Å². The van der Waals surface area contributed by atoms with Crippen LogP contribution < -0.4 is 0 Å². The van der Waals surface area contributed by atoms with Gasteiger partial charge in [0.25, 0.3) is 0 Å². The average Bonchev–Trinajstić information content (AvgIpc) is 2.59. The summed E-state index contributed by atoms with van der Waals surface area (Å²) in [4.78, 5) is 12.9. The van der Waals surface area contributed by atoms with Crippen LogP contribution in [0.1, 0.15) is 29.6 Å². The van der Waals surface area contributed by atoms with Gasteiger partial charge in [-0.05, 0) is 25.0 Å². The fourth-order valence-electron chi connectivity index (χ4n) is 2.38. The number of rotatable bonds is 7. The SMILES string of the molecule is C#CCCCC(C(=O)c1ccccc1)S(=O)(=O)c1ccccc1. The van der Waals surface area contributed by atoms with Gasteiger partial charge in [-0.25, -0.2) is 8.42 Å². The molecule has 0 heterocycles. The van der Waals surface area contributed by atoms with E-state index in [4.69, 9.17) is 6.42 Å². The molecule has 0 spiro atoms. The Hall–Kier alpha value is -2.38. The van der Waals surface area contributed by atoms with Gasteiger partial charge in [-0.3, -0.25) is 4.79 Å². The van der Waals surface area contributed by atoms with E-state index in [1.807, 2.05) is 0 Å². The summed E-state index contributed by atoms with van der Waals surface area (Å²) in [5.74, 6) is 2.10. The molecule has 1 atom stereocenters. The molecule has 4 heteroatoms. The lowest BCUT2D eigenvalue weighted by atomic mass is 10.0. The van der Waals surface area contributed by atoms with Gasteiger partial charge < -0.3 is 0 Å². The number of ketones is 1. The van der Waals surface area contributed by atoms with Gasteiger partial charge in [0.2, 0.25) is 0 Å². The maximum Gasteiger partial charge on any atom is 0.188 e.